The molecule has 0 atom stereocenters. The largest absolute Gasteiger partial charge is 0.495 e. The lowest BCUT2D eigenvalue weighted by molar-refractivity contribution is 0.193. The summed E-state index contributed by atoms with van der Waals surface area (Å²) in [5, 5.41) is 2.86. The first-order chi connectivity index (χ1) is 13.3. The zero-order valence-corrected chi connectivity index (χ0v) is 17.3. The van der Waals surface area contributed by atoms with Crippen molar-refractivity contribution in [1.82, 2.24) is 4.90 Å². The van der Waals surface area contributed by atoms with E-state index in [-0.39, 0.29) is 23.6 Å². The van der Waals surface area contributed by atoms with Crippen LogP contribution < -0.4 is 14.2 Å². The highest BCUT2D eigenvalue weighted by Crippen LogP contribution is 2.24. The summed E-state index contributed by atoms with van der Waals surface area (Å²) >= 11 is 0. The van der Waals surface area contributed by atoms with Gasteiger partial charge < -0.3 is 19.1 Å². The van der Waals surface area contributed by atoms with E-state index in [9.17, 15) is 13.2 Å². The molecule has 28 heavy (non-hydrogen) atoms. The first kappa shape index (κ1) is 21.6. The summed E-state index contributed by atoms with van der Waals surface area (Å²) in [6.45, 7) is 5.62. The summed E-state index contributed by atoms with van der Waals surface area (Å²) in [6, 6.07) is 13.5. The van der Waals surface area contributed by atoms with Crippen molar-refractivity contribution >= 4 is 21.8 Å². The fraction of sp³-hybridized carbons (Fsp3) is 0.350. The normalized spacial score (nSPS) is 11.2. The molecule has 2 amide bonds. The first-order valence-corrected chi connectivity index (χ1v) is 10.5. The summed E-state index contributed by atoms with van der Waals surface area (Å²) < 4.78 is 33.7. The van der Waals surface area contributed by atoms with Crippen LogP contribution >= 0.6 is 0 Å². The predicted molar refractivity (Wildman–Crippen MR) is 109 cm³/mol. The Labute approximate surface area is 166 Å². The summed E-state index contributed by atoms with van der Waals surface area (Å²) in [6.07, 6.45) is 0. The third-order valence-electron chi connectivity index (χ3n) is 4.06. The molecule has 8 heteroatoms. The Morgan fingerprint density at radius 3 is 2.50 bits per heavy atom. The Bertz CT molecular complexity index is 912. The molecular formula is C20H26N2O5S. The smallest absolute Gasteiger partial charge is 0.322 e. The Hall–Kier alpha value is -2.74. The number of rotatable bonds is 8. The molecule has 0 spiro atoms. The van der Waals surface area contributed by atoms with Crippen LogP contribution in [0.15, 0.2) is 48.5 Å². The van der Waals surface area contributed by atoms with Gasteiger partial charge in [-0.15, -0.1) is 0 Å². The molecule has 0 aromatic heterocycles. The quantitative estimate of drug-likeness (QED) is 0.673. The van der Waals surface area contributed by atoms with Gasteiger partial charge in [0.1, 0.15) is 11.5 Å². The number of ether oxygens (including phenoxy) is 1. The van der Waals surface area contributed by atoms with E-state index in [4.69, 9.17) is 8.92 Å². The topological polar surface area (TPSA) is 84.9 Å². The molecule has 152 valence electrons. The standard InChI is InChI=1S/C20H26N2O5S/c1-5-28(24,25)27-17-10-8-9-16(13-17)14-22(15(2)3)20(23)21-18-11-6-7-12-19(18)26-4/h6-13,15H,5,14H2,1-4H3,(H,21,23). The van der Waals surface area contributed by atoms with Crippen LogP contribution in [0.1, 0.15) is 26.3 Å². The maximum atomic E-state index is 12.8. The number of nitrogens with one attached hydrogen (secondary N) is 1. The fourth-order valence-corrected chi connectivity index (χ4v) is 3.04. The Morgan fingerprint density at radius 1 is 1.14 bits per heavy atom. The summed E-state index contributed by atoms with van der Waals surface area (Å²) in [4.78, 5) is 14.5. The Balaban J connectivity index is 2.17. The number of hydrogen-bond donors (Lipinski definition) is 1. The van der Waals surface area contributed by atoms with Gasteiger partial charge in [-0.3, -0.25) is 0 Å². The third-order valence-corrected chi connectivity index (χ3v) is 5.21. The van der Waals surface area contributed by atoms with Gasteiger partial charge in [0.25, 0.3) is 0 Å². The van der Waals surface area contributed by atoms with Crippen molar-refractivity contribution in [3.05, 3.63) is 54.1 Å². The number of anilines is 1. The van der Waals surface area contributed by atoms with E-state index in [1.165, 1.54) is 6.92 Å². The molecule has 2 aromatic carbocycles. The van der Waals surface area contributed by atoms with Crippen LogP contribution in [0.3, 0.4) is 0 Å². The molecule has 0 aliphatic carbocycles. The van der Waals surface area contributed by atoms with Gasteiger partial charge in [0.2, 0.25) is 0 Å². The van der Waals surface area contributed by atoms with Crippen LogP contribution in [0.4, 0.5) is 10.5 Å². The number of nitrogens with zero attached hydrogens (tertiary/aromatic N) is 1. The van der Waals surface area contributed by atoms with Crippen LogP contribution in [-0.4, -0.2) is 38.3 Å². The predicted octanol–water partition coefficient (Wildman–Crippen LogP) is 3.87. The molecule has 0 aliphatic rings. The lowest BCUT2D eigenvalue weighted by atomic mass is 10.2. The molecule has 0 heterocycles. The van der Waals surface area contributed by atoms with Crippen molar-refractivity contribution in [2.24, 2.45) is 0 Å². The average molecular weight is 407 g/mol. The maximum Gasteiger partial charge on any atom is 0.322 e. The number of para-hydroxylation sites is 2. The summed E-state index contributed by atoms with van der Waals surface area (Å²) in [5.74, 6) is 0.685. The molecule has 0 fully saturated rings. The highest BCUT2D eigenvalue weighted by Gasteiger charge is 2.19. The molecule has 7 nitrogen and oxygen atoms in total. The molecule has 0 saturated carbocycles. The summed E-state index contributed by atoms with van der Waals surface area (Å²) in [7, 11) is -2.06. The monoisotopic (exact) mass is 406 g/mol. The van der Waals surface area contributed by atoms with Crippen LogP contribution in [0.25, 0.3) is 0 Å². The van der Waals surface area contributed by atoms with Crippen molar-refractivity contribution in [3.8, 4) is 11.5 Å². The summed E-state index contributed by atoms with van der Waals surface area (Å²) in [5.41, 5.74) is 1.33. The molecule has 1 N–H and O–H groups in total. The first-order valence-electron chi connectivity index (χ1n) is 8.97. The van der Waals surface area contributed by atoms with Gasteiger partial charge >= 0.3 is 16.1 Å². The number of hydrogen-bond acceptors (Lipinski definition) is 5. The van der Waals surface area contributed by atoms with Gasteiger partial charge in [-0.1, -0.05) is 24.3 Å². The van der Waals surface area contributed by atoms with Crippen LogP contribution in [0.2, 0.25) is 0 Å². The van der Waals surface area contributed by atoms with E-state index in [2.05, 4.69) is 5.32 Å². The van der Waals surface area contributed by atoms with E-state index in [1.54, 1.807) is 42.3 Å². The van der Waals surface area contributed by atoms with E-state index >= 15 is 0 Å². The van der Waals surface area contributed by atoms with Crippen molar-refractivity contribution in [2.75, 3.05) is 18.2 Å². The van der Waals surface area contributed by atoms with E-state index in [0.29, 0.717) is 18.0 Å². The van der Waals surface area contributed by atoms with Crippen LogP contribution in [0.5, 0.6) is 11.5 Å². The minimum Gasteiger partial charge on any atom is -0.495 e. The molecule has 2 aromatic rings. The lowest BCUT2D eigenvalue weighted by Gasteiger charge is -2.27. The minimum atomic E-state index is -3.61. The van der Waals surface area contributed by atoms with Gasteiger partial charge in [-0.2, -0.15) is 8.42 Å². The van der Waals surface area contributed by atoms with Crippen molar-refractivity contribution in [3.63, 3.8) is 0 Å². The number of carbonyl (C=O) groups is 1. The number of benzene rings is 2. The fourth-order valence-electron chi connectivity index (χ4n) is 2.52. The SMILES string of the molecule is CCS(=O)(=O)Oc1cccc(CN(C(=O)Nc2ccccc2OC)C(C)C)c1. The Kier molecular flexibility index (Phi) is 7.28. The van der Waals surface area contributed by atoms with E-state index in [0.717, 1.165) is 5.56 Å². The minimum absolute atomic E-state index is 0.0846. The number of methoxy groups -OCH3 is 1. The zero-order chi connectivity index (χ0) is 20.7. The highest BCUT2D eigenvalue weighted by atomic mass is 32.2. The second-order valence-corrected chi connectivity index (χ2v) is 8.29. The van der Waals surface area contributed by atoms with Crippen LogP contribution in [-0.2, 0) is 16.7 Å². The molecule has 0 aliphatic heterocycles. The van der Waals surface area contributed by atoms with Gasteiger partial charge in [0.15, 0.2) is 0 Å². The third kappa shape index (κ3) is 5.88. The second kappa shape index (κ2) is 9.45. The van der Waals surface area contributed by atoms with E-state index < -0.39 is 10.1 Å². The lowest BCUT2D eigenvalue weighted by Crippen LogP contribution is -2.39. The average Bonchev–Trinajstić information content (AvgIpc) is 2.66. The molecule has 0 saturated heterocycles. The molecule has 0 bridgehead atoms. The van der Waals surface area contributed by atoms with Crippen molar-refractivity contribution in [1.29, 1.82) is 0 Å². The highest BCUT2D eigenvalue weighted by molar-refractivity contribution is 7.87. The Morgan fingerprint density at radius 2 is 1.86 bits per heavy atom. The molecule has 0 radical (unpaired) electrons. The van der Waals surface area contributed by atoms with Gasteiger partial charge in [0, 0.05) is 12.6 Å². The number of urea groups is 1. The number of amides is 2. The zero-order valence-electron chi connectivity index (χ0n) is 16.5. The van der Waals surface area contributed by atoms with Gasteiger partial charge in [-0.05, 0) is 50.6 Å². The van der Waals surface area contributed by atoms with Gasteiger partial charge in [-0.25, -0.2) is 4.79 Å². The van der Waals surface area contributed by atoms with Crippen molar-refractivity contribution < 1.29 is 22.1 Å². The molecule has 2 rings (SSSR count). The molecular weight excluding hydrogens is 380 g/mol. The molecule has 0 unspecified atom stereocenters. The second-order valence-electron chi connectivity index (χ2n) is 6.43. The van der Waals surface area contributed by atoms with Gasteiger partial charge in [0.05, 0.1) is 18.6 Å². The van der Waals surface area contributed by atoms with E-state index in [1.807, 2.05) is 32.0 Å². The van der Waals surface area contributed by atoms with Crippen molar-refractivity contribution in [2.45, 2.75) is 33.4 Å². The van der Waals surface area contributed by atoms with Crippen LogP contribution in [0, 0.1) is 0 Å². The number of carbonyl (C=O) groups excluding carboxylic acids is 1. The maximum absolute atomic E-state index is 12.8.